The van der Waals surface area contributed by atoms with Crippen LogP contribution in [0.5, 0.6) is 5.75 Å². The molecule has 0 aliphatic heterocycles. The molecule has 6 nitrogen and oxygen atoms in total. The zero-order valence-electron chi connectivity index (χ0n) is 13.4. The second-order valence-electron chi connectivity index (χ2n) is 5.36. The van der Waals surface area contributed by atoms with E-state index in [0.717, 1.165) is 11.9 Å². The third-order valence-electron chi connectivity index (χ3n) is 3.53. The molecule has 7 heteroatoms. The molecule has 0 spiro atoms. The summed E-state index contributed by atoms with van der Waals surface area (Å²) in [5.74, 6) is -0.429. The number of halogens is 1. The van der Waals surface area contributed by atoms with Gasteiger partial charge in [-0.15, -0.1) is 5.10 Å². The van der Waals surface area contributed by atoms with Crippen LogP contribution in [0.3, 0.4) is 0 Å². The van der Waals surface area contributed by atoms with E-state index in [0.29, 0.717) is 29.1 Å². The fraction of sp³-hybridized carbons (Fsp3) is 0.235. The van der Waals surface area contributed by atoms with Crippen molar-refractivity contribution in [2.75, 3.05) is 11.9 Å². The van der Waals surface area contributed by atoms with Crippen molar-refractivity contribution in [1.82, 2.24) is 15.0 Å². The number of aryl methyl sites for hydroxylation is 1. The number of benzene rings is 2. The largest absolute Gasteiger partial charge is 0.491 e. The Morgan fingerprint density at radius 2 is 2.12 bits per heavy atom. The molecule has 2 aromatic carbocycles. The lowest BCUT2D eigenvalue weighted by Gasteiger charge is -2.12. The lowest BCUT2D eigenvalue weighted by Crippen LogP contribution is -2.13. The minimum absolute atomic E-state index is 0.311. The van der Waals surface area contributed by atoms with Gasteiger partial charge in [0.15, 0.2) is 0 Å². The van der Waals surface area contributed by atoms with Crippen LogP contribution in [0.15, 0.2) is 36.4 Å². The number of amides is 1. The monoisotopic (exact) mass is 328 g/mol. The van der Waals surface area contributed by atoms with E-state index < -0.39 is 5.82 Å². The number of fused-ring (bicyclic) bond motifs is 1. The van der Waals surface area contributed by atoms with Crippen molar-refractivity contribution in [3.8, 4) is 5.75 Å². The normalized spacial score (nSPS) is 10.8. The number of aromatic nitrogens is 3. The number of hydrogen-bond donors (Lipinski definition) is 1. The highest BCUT2D eigenvalue weighted by atomic mass is 19.1. The molecule has 124 valence electrons. The summed E-state index contributed by atoms with van der Waals surface area (Å²) in [5.41, 5.74) is 2.33. The standard InChI is InChI=1S/C17H17FN4O2/c1-3-8-24-16-10-12(18)5-6-13(16)19-17(23)11-4-7-15-14(9-11)20-21-22(15)2/h4-7,9-10H,3,8H2,1-2H3,(H,19,23). The highest BCUT2D eigenvalue weighted by molar-refractivity contribution is 6.06. The van der Waals surface area contributed by atoms with E-state index in [2.05, 4.69) is 15.6 Å². The molecule has 0 saturated heterocycles. The third-order valence-corrected chi connectivity index (χ3v) is 3.53. The number of hydrogen-bond acceptors (Lipinski definition) is 4. The maximum Gasteiger partial charge on any atom is 0.255 e. The SMILES string of the molecule is CCCOc1cc(F)ccc1NC(=O)c1ccc2c(c1)nnn2C. The number of carbonyl (C=O) groups excluding carboxylic acids is 1. The number of nitrogens with one attached hydrogen (secondary N) is 1. The lowest BCUT2D eigenvalue weighted by atomic mass is 10.1. The minimum Gasteiger partial charge on any atom is -0.491 e. The highest BCUT2D eigenvalue weighted by Crippen LogP contribution is 2.26. The summed E-state index contributed by atoms with van der Waals surface area (Å²) in [5, 5.41) is 10.7. The van der Waals surface area contributed by atoms with Crippen LogP contribution in [0.4, 0.5) is 10.1 Å². The summed E-state index contributed by atoms with van der Waals surface area (Å²) >= 11 is 0. The Hall–Kier alpha value is -2.96. The fourth-order valence-corrected chi connectivity index (χ4v) is 2.31. The molecule has 0 saturated carbocycles. The number of carbonyl (C=O) groups is 1. The molecule has 0 radical (unpaired) electrons. The summed E-state index contributed by atoms with van der Waals surface area (Å²) in [6, 6.07) is 9.16. The van der Waals surface area contributed by atoms with Gasteiger partial charge >= 0.3 is 0 Å². The van der Waals surface area contributed by atoms with Crippen molar-refractivity contribution >= 4 is 22.6 Å². The van der Waals surface area contributed by atoms with Crippen LogP contribution in [-0.4, -0.2) is 27.5 Å². The van der Waals surface area contributed by atoms with E-state index in [1.54, 1.807) is 29.9 Å². The van der Waals surface area contributed by atoms with Gasteiger partial charge in [-0.05, 0) is 36.8 Å². The molecule has 3 rings (SSSR count). The quantitative estimate of drug-likeness (QED) is 0.781. The van der Waals surface area contributed by atoms with E-state index in [4.69, 9.17) is 4.74 Å². The molecule has 1 heterocycles. The van der Waals surface area contributed by atoms with Gasteiger partial charge in [-0.3, -0.25) is 4.79 Å². The molecule has 0 atom stereocenters. The highest BCUT2D eigenvalue weighted by Gasteiger charge is 2.13. The van der Waals surface area contributed by atoms with Gasteiger partial charge in [-0.1, -0.05) is 12.1 Å². The van der Waals surface area contributed by atoms with Gasteiger partial charge < -0.3 is 10.1 Å². The summed E-state index contributed by atoms with van der Waals surface area (Å²) in [7, 11) is 1.78. The second-order valence-corrected chi connectivity index (χ2v) is 5.36. The Bertz CT molecular complexity index is 891. The van der Waals surface area contributed by atoms with Gasteiger partial charge in [0.25, 0.3) is 5.91 Å². The molecule has 3 aromatic rings. The van der Waals surface area contributed by atoms with E-state index in [1.165, 1.54) is 18.2 Å². The van der Waals surface area contributed by atoms with Crippen molar-refractivity contribution in [2.45, 2.75) is 13.3 Å². The Morgan fingerprint density at radius 1 is 1.29 bits per heavy atom. The zero-order valence-corrected chi connectivity index (χ0v) is 13.4. The zero-order chi connectivity index (χ0) is 17.1. The Morgan fingerprint density at radius 3 is 2.92 bits per heavy atom. The molecule has 0 aliphatic carbocycles. The first-order valence-corrected chi connectivity index (χ1v) is 7.61. The fourth-order valence-electron chi connectivity index (χ4n) is 2.31. The van der Waals surface area contributed by atoms with Gasteiger partial charge in [0.05, 0.1) is 17.8 Å². The van der Waals surface area contributed by atoms with Gasteiger partial charge in [0.1, 0.15) is 17.1 Å². The van der Waals surface area contributed by atoms with Gasteiger partial charge in [0, 0.05) is 18.7 Å². The molecule has 0 bridgehead atoms. The van der Waals surface area contributed by atoms with Crippen LogP contribution in [0.1, 0.15) is 23.7 Å². The molecule has 1 aromatic heterocycles. The molecule has 1 amide bonds. The molecular weight excluding hydrogens is 311 g/mol. The first-order valence-electron chi connectivity index (χ1n) is 7.61. The van der Waals surface area contributed by atoms with Crippen molar-refractivity contribution in [3.63, 3.8) is 0 Å². The second kappa shape index (κ2) is 6.66. The minimum atomic E-state index is -0.417. The average molecular weight is 328 g/mol. The summed E-state index contributed by atoms with van der Waals surface area (Å²) < 4.78 is 20.5. The summed E-state index contributed by atoms with van der Waals surface area (Å²) in [6.07, 6.45) is 0.785. The Labute approximate surface area is 138 Å². The van der Waals surface area contributed by atoms with Crippen LogP contribution < -0.4 is 10.1 Å². The summed E-state index contributed by atoms with van der Waals surface area (Å²) in [4.78, 5) is 12.5. The number of rotatable bonds is 5. The van der Waals surface area contributed by atoms with Crippen molar-refractivity contribution in [2.24, 2.45) is 7.05 Å². The van der Waals surface area contributed by atoms with Crippen LogP contribution in [-0.2, 0) is 7.05 Å². The molecule has 0 unspecified atom stereocenters. The number of nitrogens with zero attached hydrogens (tertiary/aromatic N) is 3. The van der Waals surface area contributed by atoms with E-state index in [-0.39, 0.29) is 5.91 Å². The first kappa shape index (κ1) is 15.9. The number of anilines is 1. The van der Waals surface area contributed by atoms with Crippen LogP contribution in [0.25, 0.3) is 11.0 Å². The summed E-state index contributed by atoms with van der Waals surface area (Å²) in [6.45, 7) is 2.39. The van der Waals surface area contributed by atoms with Crippen molar-refractivity contribution in [1.29, 1.82) is 0 Å². The van der Waals surface area contributed by atoms with E-state index in [1.807, 2.05) is 6.92 Å². The van der Waals surface area contributed by atoms with Gasteiger partial charge in [-0.25, -0.2) is 9.07 Å². The number of ether oxygens (including phenoxy) is 1. The van der Waals surface area contributed by atoms with Crippen molar-refractivity contribution < 1.29 is 13.9 Å². The third kappa shape index (κ3) is 3.19. The first-order chi connectivity index (χ1) is 11.6. The Kier molecular flexibility index (Phi) is 4.41. The Balaban J connectivity index is 1.85. The molecule has 1 N–H and O–H groups in total. The average Bonchev–Trinajstić information content (AvgIpc) is 2.95. The lowest BCUT2D eigenvalue weighted by molar-refractivity contribution is 0.102. The molecule has 24 heavy (non-hydrogen) atoms. The van der Waals surface area contributed by atoms with Crippen molar-refractivity contribution in [3.05, 3.63) is 47.8 Å². The topological polar surface area (TPSA) is 69.0 Å². The predicted octanol–water partition coefficient (Wildman–Crippen LogP) is 3.15. The molecule has 0 aliphatic rings. The van der Waals surface area contributed by atoms with Crippen LogP contribution in [0.2, 0.25) is 0 Å². The maximum atomic E-state index is 13.4. The van der Waals surface area contributed by atoms with Crippen LogP contribution in [0, 0.1) is 5.82 Å². The van der Waals surface area contributed by atoms with Crippen LogP contribution >= 0.6 is 0 Å². The van der Waals surface area contributed by atoms with E-state index in [9.17, 15) is 9.18 Å². The van der Waals surface area contributed by atoms with Gasteiger partial charge in [0.2, 0.25) is 0 Å². The predicted molar refractivity (Wildman–Crippen MR) is 88.6 cm³/mol. The van der Waals surface area contributed by atoms with E-state index >= 15 is 0 Å². The van der Waals surface area contributed by atoms with Gasteiger partial charge in [-0.2, -0.15) is 0 Å². The smallest absolute Gasteiger partial charge is 0.255 e. The molecular formula is C17H17FN4O2. The molecule has 0 fully saturated rings. The maximum absolute atomic E-state index is 13.4.